The van der Waals surface area contributed by atoms with Crippen LogP contribution in [0.4, 0.5) is 5.69 Å². The Morgan fingerprint density at radius 3 is 2.81 bits per heavy atom. The van der Waals surface area contributed by atoms with E-state index in [2.05, 4.69) is 43.3 Å². The largest absolute Gasteiger partial charge is 0.308 e. The van der Waals surface area contributed by atoms with Gasteiger partial charge in [-0.25, -0.2) is 0 Å². The number of hydrogen-bond acceptors (Lipinski definition) is 2. The third-order valence-electron chi connectivity index (χ3n) is 5.76. The number of hydrogen-bond donors (Lipinski definition) is 0. The van der Waals surface area contributed by atoms with Crippen LogP contribution in [-0.4, -0.2) is 17.4 Å². The molecule has 0 saturated heterocycles. The first-order valence-electron chi connectivity index (χ1n) is 9.54. The van der Waals surface area contributed by atoms with Crippen LogP contribution < -0.4 is 4.90 Å². The fourth-order valence-corrected chi connectivity index (χ4v) is 4.47. The number of para-hydroxylation sites is 1. The van der Waals surface area contributed by atoms with Gasteiger partial charge >= 0.3 is 0 Å². The second-order valence-corrected chi connectivity index (χ2v) is 7.48. The Morgan fingerprint density at radius 2 is 1.88 bits per heavy atom. The number of carbonyl (C=O) groups is 1. The van der Waals surface area contributed by atoms with Gasteiger partial charge in [-0.2, -0.15) is 0 Å². The van der Waals surface area contributed by atoms with Crippen LogP contribution in [0.2, 0.25) is 0 Å². The summed E-state index contributed by atoms with van der Waals surface area (Å²) in [5, 5.41) is 1.01. The van der Waals surface area contributed by atoms with Crippen LogP contribution in [0.5, 0.6) is 0 Å². The summed E-state index contributed by atoms with van der Waals surface area (Å²) in [6.07, 6.45) is 5.19. The molecule has 1 aromatic heterocycles. The first-order chi connectivity index (χ1) is 12.7. The lowest BCUT2D eigenvalue weighted by atomic mass is 9.89. The van der Waals surface area contributed by atoms with Crippen molar-refractivity contribution in [3.05, 3.63) is 70.4 Å². The maximum atomic E-state index is 13.7. The van der Waals surface area contributed by atoms with Crippen LogP contribution in [-0.2, 0) is 19.3 Å². The molecule has 1 amide bonds. The zero-order chi connectivity index (χ0) is 17.7. The van der Waals surface area contributed by atoms with Crippen molar-refractivity contribution in [1.82, 2.24) is 4.98 Å². The maximum Gasteiger partial charge on any atom is 0.259 e. The van der Waals surface area contributed by atoms with E-state index in [-0.39, 0.29) is 5.91 Å². The lowest BCUT2D eigenvalue weighted by molar-refractivity contribution is 0.0989. The Balaban J connectivity index is 1.73. The minimum Gasteiger partial charge on any atom is -0.308 e. The van der Waals surface area contributed by atoms with Crippen LogP contribution in [0.15, 0.2) is 42.5 Å². The number of amides is 1. The molecular formula is C23H22N2O. The summed E-state index contributed by atoms with van der Waals surface area (Å²) in [4.78, 5) is 20.6. The summed E-state index contributed by atoms with van der Waals surface area (Å²) in [5.41, 5.74) is 7.67. The van der Waals surface area contributed by atoms with Gasteiger partial charge in [-0.15, -0.1) is 0 Å². The molecule has 3 aromatic rings. The number of pyridine rings is 1. The van der Waals surface area contributed by atoms with Crippen molar-refractivity contribution in [2.45, 2.75) is 39.0 Å². The SMILES string of the molecule is Cc1ccc2nc3c(c(C(=O)N4CCc5ccccc54)c2c1)CCCC3. The van der Waals surface area contributed by atoms with E-state index in [1.54, 1.807) is 0 Å². The number of nitrogens with zero attached hydrogens (tertiary/aromatic N) is 2. The van der Waals surface area contributed by atoms with Crippen molar-refractivity contribution in [2.24, 2.45) is 0 Å². The van der Waals surface area contributed by atoms with Crippen molar-refractivity contribution in [2.75, 3.05) is 11.4 Å². The average Bonchev–Trinajstić information content (AvgIpc) is 3.10. The molecule has 5 rings (SSSR count). The van der Waals surface area contributed by atoms with Gasteiger partial charge < -0.3 is 4.90 Å². The zero-order valence-corrected chi connectivity index (χ0v) is 15.1. The van der Waals surface area contributed by atoms with Gasteiger partial charge in [-0.3, -0.25) is 9.78 Å². The average molecular weight is 342 g/mol. The number of rotatable bonds is 1. The van der Waals surface area contributed by atoms with Gasteiger partial charge in [0.2, 0.25) is 0 Å². The standard InChI is InChI=1S/C23H22N2O/c1-15-10-11-20-18(14-15)22(17-7-3-4-8-19(17)24-20)23(26)25-13-12-16-6-2-5-9-21(16)25/h2,5-6,9-11,14H,3-4,7-8,12-13H2,1H3. The molecule has 0 radical (unpaired) electrons. The molecule has 2 heterocycles. The smallest absolute Gasteiger partial charge is 0.259 e. The van der Waals surface area contributed by atoms with Crippen molar-refractivity contribution >= 4 is 22.5 Å². The summed E-state index contributed by atoms with van der Waals surface area (Å²) in [6.45, 7) is 2.85. The molecule has 1 aliphatic carbocycles. The van der Waals surface area contributed by atoms with E-state index in [0.29, 0.717) is 0 Å². The second-order valence-electron chi connectivity index (χ2n) is 7.48. The van der Waals surface area contributed by atoms with Crippen LogP contribution in [0, 0.1) is 6.92 Å². The third kappa shape index (κ3) is 2.34. The van der Waals surface area contributed by atoms with Crippen LogP contribution in [0.1, 0.15) is 45.6 Å². The number of fused-ring (bicyclic) bond motifs is 3. The quantitative estimate of drug-likeness (QED) is 0.646. The molecule has 130 valence electrons. The number of carbonyl (C=O) groups excluding carboxylic acids is 1. The van der Waals surface area contributed by atoms with Crippen molar-refractivity contribution in [3.63, 3.8) is 0 Å². The molecule has 0 atom stereocenters. The number of anilines is 1. The lowest BCUT2D eigenvalue weighted by Crippen LogP contribution is -2.31. The van der Waals surface area contributed by atoms with E-state index < -0.39 is 0 Å². The predicted octanol–water partition coefficient (Wildman–Crippen LogP) is 4.62. The monoisotopic (exact) mass is 342 g/mol. The maximum absolute atomic E-state index is 13.7. The van der Waals surface area contributed by atoms with Gasteiger partial charge in [0.25, 0.3) is 5.91 Å². The number of aryl methyl sites for hydroxylation is 2. The van der Waals surface area contributed by atoms with Crippen LogP contribution >= 0.6 is 0 Å². The molecule has 0 saturated carbocycles. The number of aromatic nitrogens is 1. The minimum atomic E-state index is 0.145. The first kappa shape index (κ1) is 15.6. The summed E-state index contributed by atoms with van der Waals surface area (Å²) in [7, 11) is 0. The Kier molecular flexibility index (Phi) is 3.56. The number of benzene rings is 2. The van der Waals surface area contributed by atoms with E-state index in [1.165, 1.54) is 16.7 Å². The Morgan fingerprint density at radius 1 is 1.04 bits per heavy atom. The molecule has 0 unspecified atom stereocenters. The highest BCUT2D eigenvalue weighted by Gasteiger charge is 2.30. The van der Waals surface area contributed by atoms with E-state index in [9.17, 15) is 4.79 Å². The minimum absolute atomic E-state index is 0.145. The highest BCUT2D eigenvalue weighted by Crippen LogP contribution is 2.34. The molecule has 1 aliphatic heterocycles. The fourth-order valence-electron chi connectivity index (χ4n) is 4.47. The van der Waals surface area contributed by atoms with Crippen molar-refractivity contribution < 1.29 is 4.79 Å². The van der Waals surface area contributed by atoms with Crippen molar-refractivity contribution in [3.8, 4) is 0 Å². The predicted molar refractivity (Wildman–Crippen MR) is 105 cm³/mol. The highest BCUT2D eigenvalue weighted by molar-refractivity contribution is 6.15. The van der Waals surface area contributed by atoms with Gasteiger partial charge in [0.15, 0.2) is 0 Å². The van der Waals surface area contributed by atoms with E-state index in [4.69, 9.17) is 4.98 Å². The summed E-state index contributed by atoms with van der Waals surface area (Å²) in [5.74, 6) is 0.145. The van der Waals surface area contributed by atoms with Gasteiger partial charge in [-0.05, 0) is 68.4 Å². The van der Waals surface area contributed by atoms with E-state index >= 15 is 0 Å². The highest BCUT2D eigenvalue weighted by atomic mass is 16.2. The van der Waals surface area contributed by atoms with Gasteiger partial charge in [-0.1, -0.05) is 29.8 Å². The lowest BCUT2D eigenvalue weighted by Gasteiger charge is -2.24. The van der Waals surface area contributed by atoms with Gasteiger partial charge in [0.1, 0.15) is 0 Å². The molecular weight excluding hydrogens is 320 g/mol. The zero-order valence-electron chi connectivity index (χ0n) is 15.1. The molecule has 0 N–H and O–H groups in total. The molecule has 0 fully saturated rings. The topological polar surface area (TPSA) is 33.2 Å². The van der Waals surface area contributed by atoms with E-state index in [0.717, 1.165) is 66.5 Å². The summed E-state index contributed by atoms with van der Waals surface area (Å²) >= 11 is 0. The third-order valence-corrected chi connectivity index (χ3v) is 5.76. The Labute approximate surface area is 153 Å². The van der Waals surface area contributed by atoms with Crippen LogP contribution in [0.25, 0.3) is 10.9 Å². The summed E-state index contributed by atoms with van der Waals surface area (Å²) in [6, 6.07) is 14.6. The molecule has 26 heavy (non-hydrogen) atoms. The molecule has 2 aliphatic rings. The van der Waals surface area contributed by atoms with Crippen molar-refractivity contribution in [1.29, 1.82) is 0 Å². The summed E-state index contributed by atoms with van der Waals surface area (Å²) < 4.78 is 0. The fraction of sp³-hybridized carbons (Fsp3) is 0.304. The Hall–Kier alpha value is -2.68. The normalized spacial score (nSPS) is 15.8. The van der Waals surface area contributed by atoms with E-state index in [1.807, 2.05) is 11.0 Å². The molecule has 2 aromatic carbocycles. The van der Waals surface area contributed by atoms with Gasteiger partial charge in [0.05, 0.1) is 11.1 Å². The molecule has 0 spiro atoms. The molecule has 0 bridgehead atoms. The van der Waals surface area contributed by atoms with Gasteiger partial charge in [0, 0.05) is 23.3 Å². The second kappa shape index (κ2) is 5.94. The Bertz CT molecular complexity index is 1040. The van der Waals surface area contributed by atoms with Crippen LogP contribution in [0.3, 0.4) is 0 Å². The molecule has 3 heteroatoms. The first-order valence-corrected chi connectivity index (χ1v) is 9.54. The molecule has 3 nitrogen and oxygen atoms in total.